The molecule has 1 heterocycles. The van der Waals surface area contributed by atoms with Crippen LogP contribution in [0.4, 0.5) is 5.69 Å². The minimum Gasteiger partial charge on any atom is -0.493 e. The number of likely N-dealkylation sites (tertiary alicyclic amines) is 1. The molecule has 0 bridgehead atoms. The molecular formula is C24H28N2O5. The quantitative estimate of drug-likeness (QED) is 0.488. The van der Waals surface area contributed by atoms with Crippen molar-refractivity contribution >= 4 is 11.5 Å². The lowest BCUT2D eigenvalue weighted by molar-refractivity contribution is -0.384. The van der Waals surface area contributed by atoms with Gasteiger partial charge in [0.25, 0.3) is 5.69 Å². The highest BCUT2D eigenvalue weighted by Crippen LogP contribution is 2.39. The second kappa shape index (κ2) is 9.06. The number of nitro groups is 1. The zero-order chi connectivity index (χ0) is 22.0. The Kier molecular flexibility index (Phi) is 6.23. The van der Waals surface area contributed by atoms with Crippen molar-refractivity contribution in [2.24, 2.45) is 11.8 Å². The highest BCUT2D eigenvalue weighted by Gasteiger charge is 2.34. The molecule has 7 nitrogen and oxygen atoms in total. The summed E-state index contributed by atoms with van der Waals surface area (Å²) in [6.45, 7) is 2.62. The van der Waals surface area contributed by atoms with Crippen molar-refractivity contribution in [2.75, 3.05) is 27.3 Å². The van der Waals surface area contributed by atoms with E-state index < -0.39 is 0 Å². The summed E-state index contributed by atoms with van der Waals surface area (Å²) >= 11 is 0. The van der Waals surface area contributed by atoms with Crippen molar-refractivity contribution in [3.05, 3.63) is 63.2 Å². The van der Waals surface area contributed by atoms with Gasteiger partial charge in [-0.15, -0.1) is 0 Å². The maximum absolute atomic E-state index is 13.0. The Bertz CT molecular complexity index is 982. The van der Waals surface area contributed by atoms with E-state index in [-0.39, 0.29) is 22.3 Å². The highest BCUT2D eigenvalue weighted by molar-refractivity contribution is 6.02. The van der Waals surface area contributed by atoms with Gasteiger partial charge in [0.2, 0.25) is 0 Å². The molecule has 164 valence electrons. The van der Waals surface area contributed by atoms with E-state index in [2.05, 4.69) is 4.90 Å². The number of hydrogen-bond donors (Lipinski definition) is 0. The molecule has 1 fully saturated rings. The third kappa shape index (κ3) is 4.56. The van der Waals surface area contributed by atoms with Crippen LogP contribution in [-0.4, -0.2) is 42.9 Å². The topological polar surface area (TPSA) is 81.9 Å². The zero-order valence-corrected chi connectivity index (χ0v) is 18.0. The molecule has 0 radical (unpaired) electrons. The van der Waals surface area contributed by atoms with Gasteiger partial charge in [0.15, 0.2) is 17.3 Å². The normalized spacial score (nSPS) is 19.3. The fourth-order valence-corrected chi connectivity index (χ4v) is 4.90. The molecule has 1 atom stereocenters. The van der Waals surface area contributed by atoms with Gasteiger partial charge in [-0.25, -0.2) is 0 Å². The number of benzene rings is 2. The molecule has 1 saturated heterocycles. The third-order valence-electron chi connectivity index (χ3n) is 6.56. The largest absolute Gasteiger partial charge is 0.493 e. The van der Waals surface area contributed by atoms with Gasteiger partial charge in [-0.2, -0.15) is 0 Å². The monoisotopic (exact) mass is 424 g/mol. The van der Waals surface area contributed by atoms with Crippen molar-refractivity contribution in [3.8, 4) is 11.5 Å². The van der Waals surface area contributed by atoms with Crippen LogP contribution in [0.25, 0.3) is 0 Å². The second-order valence-electron chi connectivity index (χ2n) is 8.51. The average molecular weight is 424 g/mol. The molecule has 2 aliphatic rings. The first-order valence-electron chi connectivity index (χ1n) is 10.7. The number of nitrogens with zero attached hydrogens (tertiary/aromatic N) is 2. The summed E-state index contributed by atoms with van der Waals surface area (Å²) in [6.07, 6.45) is 3.76. The molecule has 1 aliphatic carbocycles. The summed E-state index contributed by atoms with van der Waals surface area (Å²) < 4.78 is 10.7. The SMILES string of the molecule is COc1cc2c(cc1OC)C(=O)C(CC1CCN(Cc3cccc([N+](=O)[O-])c3)CC1)C2. The number of fused-ring (bicyclic) bond motifs is 1. The van der Waals surface area contributed by atoms with E-state index in [1.807, 2.05) is 18.2 Å². The summed E-state index contributed by atoms with van der Waals surface area (Å²) in [5.74, 6) is 2.04. The van der Waals surface area contributed by atoms with E-state index in [9.17, 15) is 14.9 Å². The Morgan fingerprint density at radius 3 is 2.48 bits per heavy atom. The first-order valence-corrected chi connectivity index (χ1v) is 10.7. The molecule has 1 aliphatic heterocycles. The van der Waals surface area contributed by atoms with Gasteiger partial charge in [-0.1, -0.05) is 12.1 Å². The standard InChI is InChI=1S/C24H28N2O5/c1-30-22-13-18-12-19(24(27)21(18)14-23(22)31-2)10-16-6-8-25(9-7-16)15-17-4-3-5-20(11-17)26(28)29/h3-5,11,13-14,16,19H,6-10,12,15H2,1-2H3. The molecule has 1 unspecified atom stereocenters. The molecule has 0 spiro atoms. The molecule has 0 amide bonds. The number of ketones is 1. The third-order valence-corrected chi connectivity index (χ3v) is 6.56. The lowest BCUT2D eigenvalue weighted by Gasteiger charge is -2.32. The first-order chi connectivity index (χ1) is 15.0. The molecule has 0 N–H and O–H groups in total. The molecule has 4 rings (SSSR count). The van der Waals surface area contributed by atoms with E-state index in [4.69, 9.17) is 9.47 Å². The first kappa shape index (κ1) is 21.3. The fraction of sp³-hybridized carbons (Fsp3) is 0.458. The molecule has 31 heavy (non-hydrogen) atoms. The van der Waals surface area contributed by atoms with Crippen molar-refractivity contribution in [2.45, 2.75) is 32.2 Å². The van der Waals surface area contributed by atoms with Gasteiger partial charge in [0, 0.05) is 30.2 Å². The van der Waals surface area contributed by atoms with Crippen LogP contribution in [-0.2, 0) is 13.0 Å². The smallest absolute Gasteiger partial charge is 0.269 e. The Balaban J connectivity index is 1.32. The van der Waals surface area contributed by atoms with E-state index in [0.717, 1.165) is 62.0 Å². The summed E-state index contributed by atoms with van der Waals surface area (Å²) in [5, 5.41) is 11.0. The minimum absolute atomic E-state index is 0.0279. The van der Waals surface area contributed by atoms with Crippen LogP contribution in [0.15, 0.2) is 36.4 Å². The van der Waals surface area contributed by atoms with Gasteiger partial charge in [-0.3, -0.25) is 19.8 Å². The molecule has 2 aromatic rings. The number of hydrogen-bond acceptors (Lipinski definition) is 6. The minimum atomic E-state index is -0.350. The molecule has 2 aromatic carbocycles. The Morgan fingerprint density at radius 1 is 1.10 bits per heavy atom. The summed E-state index contributed by atoms with van der Waals surface area (Å²) in [7, 11) is 3.20. The van der Waals surface area contributed by atoms with E-state index in [1.165, 1.54) is 6.07 Å². The molecule has 7 heteroatoms. The summed E-state index contributed by atoms with van der Waals surface area (Å²) in [4.78, 5) is 25.9. The number of carbonyl (C=O) groups excluding carboxylic acids is 1. The molecule has 0 saturated carbocycles. The highest BCUT2D eigenvalue weighted by atomic mass is 16.6. The number of non-ortho nitro benzene ring substituents is 1. The number of ether oxygens (including phenoxy) is 2. The van der Waals surface area contributed by atoms with Crippen LogP contribution in [0, 0.1) is 22.0 Å². The van der Waals surface area contributed by atoms with Gasteiger partial charge >= 0.3 is 0 Å². The lowest BCUT2D eigenvalue weighted by atomic mass is 9.85. The van der Waals surface area contributed by atoms with Gasteiger partial charge in [0.05, 0.1) is 19.1 Å². The number of carbonyl (C=O) groups is 1. The van der Waals surface area contributed by atoms with Crippen LogP contribution in [0.3, 0.4) is 0 Å². The van der Waals surface area contributed by atoms with E-state index >= 15 is 0 Å². The van der Waals surface area contributed by atoms with Crippen LogP contribution < -0.4 is 9.47 Å². The van der Waals surface area contributed by atoms with Gasteiger partial charge < -0.3 is 9.47 Å². The Morgan fingerprint density at radius 2 is 1.81 bits per heavy atom. The summed E-state index contributed by atoms with van der Waals surface area (Å²) in [5.41, 5.74) is 2.93. The fourth-order valence-electron chi connectivity index (χ4n) is 4.90. The maximum Gasteiger partial charge on any atom is 0.269 e. The Labute approximate surface area is 182 Å². The van der Waals surface area contributed by atoms with Crippen LogP contribution in [0.2, 0.25) is 0 Å². The number of rotatable bonds is 7. The molecule has 0 aromatic heterocycles. The van der Waals surface area contributed by atoms with Crippen LogP contribution in [0.5, 0.6) is 11.5 Å². The van der Waals surface area contributed by atoms with Crippen LogP contribution >= 0.6 is 0 Å². The number of methoxy groups -OCH3 is 2. The number of nitro benzene ring substituents is 1. The van der Waals surface area contributed by atoms with Crippen LogP contribution in [0.1, 0.15) is 40.7 Å². The zero-order valence-electron chi connectivity index (χ0n) is 18.0. The van der Waals surface area contributed by atoms with E-state index in [0.29, 0.717) is 17.4 Å². The van der Waals surface area contributed by atoms with Crippen molar-refractivity contribution < 1.29 is 19.2 Å². The average Bonchev–Trinajstić information content (AvgIpc) is 3.08. The number of Topliss-reactive ketones (excluding diaryl/α,β-unsaturated/α-hetero) is 1. The predicted molar refractivity (Wildman–Crippen MR) is 117 cm³/mol. The number of piperidine rings is 1. The second-order valence-corrected chi connectivity index (χ2v) is 8.51. The summed E-state index contributed by atoms with van der Waals surface area (Å²) in [6, 6.07) is 10.6. The maximum atomic E-state index is 13.0. The van der Waals surface area contributed by atoms with Gasteiger partial charge in [0.1, 0.15) is 0 Å². The predicted octanol–water partition coefficient (Wildman–Crippen LogP) is 4.27. The van der Waals surface area contributed by atoms with Crippen molar-refractivity contribution in [1.82, 2.24) is 4.90 Å². The van der Waals surface area contributed by atoms with Gasteiger partial charge in [-0.05, 0) is 68.0 Å². The molecular weight excluding hydrogens is 396 g/mol. The lowest BCUT2D eigenvalue weighted by Crippen LogP contribution is -2.34. The van der Waals surface area contributed by atoms with Crippen molar-refractivity contribution in [1.29, 1.82) is 0 Å². The van der Waals surface area contributed by atoms with Crippen molar-refractivity contribution in [3.63, 3.8) is 0 Å². The van der Waals surface area contributed by atoms with E-state index in [1.54, 1.807) is 26.4 Å². The Hall–Kier alpha value is -2.93.